The van der Waals surface area contributed by atoms with E-state index < -0.39 is 0 Å². The molecule has 3 heterocycles. The number of aromatic nitrogens is 3. The molecule has 0 fully saturated rings. The number of thiophene rings is 1. The minimum atomic E-state index is 0.845. The summed E-state index contributed by atoms with van der Waals surface area (Å²) in [5.74, 6) is 0.982. The van der Waals surface area contributed by atoms with Gasteiger partial charge in [0.25, 0.3) is 0 Å². The molecule has 3 aromatic rings. The van der Waals surface area contributed by atoms with Crippen LogP contribution < -0.4 is 5.32 Å². The highest BCUT2D eigenvalue weighted by Crippen LogP contribution is 2.42. The van der Waals surface area contributed by atoms with Gasteiger partial charge in [-0.3, -0.25) is 0 Å². The molecule has 3 aromatic heterocycles. The number of hydrogen-bond donors (Lipinski definition) is 1. The van der Waals surface area contributed by atoms with Crippen molar-refractivity contribution in [2.45, 2.75) is 64.5 Å². The molecule has 4 rings (SSSR count). The van der Waals surface area contributed by atoms with Gasteiger partial charge >= 0.3 is 0 Å². The van der Waals surface area contributed by atoms with Gasteiger partial charge in [-0.2, -0.15) is 0 Å². The number of aryl methyl sites for hydroxylation is 2. The van der Waals surface area contributed by atoms with E-state index in [9.17, 15) is 0 Å². The van der Waals surface area contributed by atoms with E-state index in [0.717, 1.165) is 73.2 Å². The van der Waals surface area contributed by atoms with E-state index in [2.05, 4.69) is 37.2 Å². The number of rotatable bonds is 10. The minimum Gasteiger partial charge on any atom is -0.369 e. The Morgan fingerprint density at radius 1 is 1.07 bits per heavy atom. The molecule has 0 aromatic carbocycles. The van der Waals surface area contributed by atoms with Crippen molar-refractivity contribution in [1.29, 1.82) is 0 Å². The summed E-state index contributed by atoms with van der Waals surface area (Å²) in [5, 5.41) is 5.77. The average molecular weight is 444 g/mol. The maximum atomic E-state index is 5.12. The fourth-order valence-corrected chi connectivity index (χ4v) is 6.02. The molecule has 162 valence electrons. The maximum absolute atomic E-state index is 5.12. The van der Waals surface area contributed by atoms with Gasteiger partial charge in [0.15, 0.2) is 5.16 Å². The third-order valence-corrected chi connectivity index (χ3v) is 7.73. The fraction of sp³-hybridized carbons (Fsp3) is 0.609. The lowest BCUT2D eigenvalue weighted by Crippen LogP contribution is -2.25. The Morgan fingerprint density at radius 2 is 1.87 bits per heavy atom. The molecule has 1 aliphatic rings. The van der Waals surface area contributed by atoms with Gasteiger partial charge in [-0.15, -0.1) is 11.3 Å². The molecule has 0 saturated heterocycles. The maximum Gasteiger partial charge on any atom is 0.189 e. The highest BCUT2D eigenvalue weighted by Gasteiger charge is 2.24. The zero-order valence-corrected chi connectivity index (χ0v) is 20.3. The Labute approximate surface area is 188 Å². The van der Waals surface area contributed by atoms with Crippen LogP contribution >= 0.6 is 23.1 Å². The van der Waals surface area contributed by atoms with Crippen LogP contribution in [0.4, 0.5) is 5.82 Å². The molecule has 0 amide bonds. The number of nitrogens with zero attached hydrogens (tertiary/aromatic N) is 4. The normalized spacial score (nSPS) is 13.6. The Morgan fingerprint density at radius 3 is 2.60 bits per heavy atom. The second kappa shape index (κ2) is 9.79. The van der Waals surface area contributed by atoms with Crippen LogP contribution in [0.2, 0.25) is 0 Å². The highest BCUT2D eigenvalue weighted by molar-refractivity contribution is 7.98. The molecule has 0 radical (unpaired) electrons. The van der Waals surface area contributed by atoms with Gasteiger partial charge in [0.1, 0.15) is 10.6 Å². The van der Waals surface area contributed by atoms with E-state index >= 15 is 0 Å². The summed E-state index contributed by atoms with van der Waals surface area (Å²) < 4.78 is 1.17. The summed E-state index contributed by atoms with van der Waals surface area (Å²) in [5.41, 5.74) is 5.43. The quantitative estimate of drug-likeness (QED) is 0.252. The standard InChI is InChI=1S/C23H33N5S2/c1-5-10-17-15-11-8-12-16(15)18-19-20(30-22(18)25-17)21(27-23(26-19)29-4)24-13-9-14-28(6-2)7-3/h5-14H2,1-4H3,(H,24,26,27). The van der Waals surface area contributed by atoms with Crippen molar-refractivity contribution in [3.63, 3.8) is 0 Å². The van der Waals surface area contributed by atoms with E-state index in [1.807, 2.05) is 0 Å². The third-order valence-electron chi connectivity index (χ3n) is 6.11. The van der Waals surface area contributed by atoms with Crippen LogP contribution in [0.3, 0.4) is 0 Å². The van der Waals surface area contributed by atoms with E-state index in [-0.39, 0.29) is 0 Å². The van der Waals surface area contributed by atoms with Crippen molar-refractivity contribution in [2.24, 2.45) is 0 Å². The molecule has 0 bridgehead atoms. The summed E-state index contributed by atoms with van der Waals surface area (Å²) in [4.78, 5) is 18.5. The summed E-state index contributed by atoms with van der Waals surface area (Å²) >= 11 is 3.39. The summed E-state index contributed by atoms with van der Waals surface area (Å²) in [6, 6.07) is 0. The second-order valence-electron chi connectivity index (χ2n) is 7.95. The lowest BCUT2D eigenvalue weighted by molar-refractivity contribution is 0.303. The molecule has 0 spiro atoms. The molecule has 0 aliphatic heterocycles. The average Bonchev–Trinajstić information content (AvgIpc) is 3.38. The van der Waals surface area contributed by atoms with Gasteiger partial charge in [-0.05, 0) is 69.1 Å². The van der Waals surface area contributed by atoms with Gasteiger partial charge in [-0.25, -0.2) is 15.0 Å². The fourth-order valence-electron chi connectivity index (χ4n) is 4.53. The van der Waals surface area contributed by atoms with Crippen molar-refractivity contribution < 1.29 is 0 Å². The molecule has 1 aliphatic carbocycles. The van der Waals surface area contributed by atoms with Gasteiger partial charge < -0.3 is 10.2 Å². The monoisotopic (exact) mass is 443 g/mol. The lowest BCUT2D eigenvalue weighted by Gasteiger charge is -2.17. The van der Waals surface area contributed by atoms with Crippen LogP contribution in [-0.2, 0) is 19.3 Å². The zero-order chi connectivity index (χ0) is 21.1. The van der Waals surface area contributed by atoms with E-state index in [4.69, 9.17) is 15.0 Å². The van der Waals surface area contributed by atoms with Crippen LogP contribution in [0.15, 0.2) is 5.16 Å². The van der Waals surface area contributed by atoms with Crippen molar-refractivity contribution >= 4 is 49.3 Å². The van der Waals surface area contributed by atoms with E-state index in [0.29, 0.717) is 0 Å². The molecule has 7 heteroatoms. The molecular weight excluding hydrogens is 410 g/mol. The van der Waals surface area contributed by atoms with E-state index in [1.54, 1.807) is 23.1 Å². The lowest BCUT2D eigenvalue weighted by atomic mass is 10.0. The predicted molar refractivity (Wildman–Crippen MR) is 131 cm³/mol. The first kappa shape index (κ1) is 21.8. The van der Waals surface area contributed by atoms with Crippen LogP contribution in [0.5, 0.6) is 0 Å². The number of pyridine rings is 1. The summed E-state index contributed by atoms with van der Waals surface area (Å²) in [6.07, 6.45) is 8.95. The Bertz CT molecular complexity index is 1030. The molecular formula is C23H33N5S2. The van der Waals surface area contributed by atoms with Gasteiger partial charge in [-0.1, -0.05) is 39.0 Å². The summed E-state index contributed by atoms with van der Waals surface area (Å²) in [6.45, 7) is 11.0. The van der Waals surface area contributed by atoms with Crippen molar-refractivity contribution in [1.82, 2.24) is 19.9 Å². The molecule has 30 heavy (non-hydrogen) atoms. The van der Waals surface area contributed by atoms with E-state index in [1.165, 1.54) is 39.7 Å². The first-order chi connectivity index (χ1) is 14.7. The van der Waals surface area contributed by atoms with Crippen LogP contribution in [-0.4, -0.2) is 52.3 Å². The molecule has 5 nitrogen and oxygen atoms in total. The van der Waals surface area contributed by atoms with Crippen LogP contribution in [0, 0.1) is 0 Å². The number of anilines is 1. The van der Waals surface area contributed by atoms with Gasteiger partial charge in [0.2, 0.25) is 0 Å². The van der Waals surface area contributed by atoms with Crippen molar-refractivity contribution in [2.75, 3.05) is 37.8 Å². The van der Waals surface area contributed by atoms with Crippen molar-refractivity contribution in [3.8, 4) is 0 Å². The highest BCUT2D eigenvalue weighted by atomic mass is 32.2. The van der Waals surface area contributed by atoms with Crippen LogP contribution in [0.1, 0.15) is 56.9 Å². The van der Waals surface area contributed by atoms with Crippen molar-refractivity contribution in [3.05, 3.63) is 16.8 Å². The second-order valence-corrected chi connectivity index (χ2v) is 9.72. The number of thioether (sulfide) groups is 1. The smallest absolute Gasteiger partial charge is 0.189 e. The Hall–Kier alpha value is -1.44. The number of nitrogens with one attached hydrogen (secondary N) is 1. The first-order valence-corrected chi connectivity index (χ1v) is 13.4. The van der Waals surface area contributed by atoms with Gasteiger partial charge in [0, 0.05) is 17.6 Å². The topological polar surface area (TPSA) is 53.9 Å². The number of hydrogen-bond acceptors (Lipinski definition) is 7. The molecule has 0 saturated carbocycles. The summed E-state index contributed by atoms with van der Waals surface area (Å²) in [7, 11) is 0. The largest absolute Gasteiger partial charge is 0.369 e. The Balaban J connectivity index is 1.72. The first-order valence-electron chi connectivity index (χ1n) is 11.3. The predicted octanol–water partition coefficient (Wildman–Crippen LogP) is 5.55. The third kappa shape index (κ3) is 4.16. The Kier molecular flexibility index (Phi) is 7.11. The minimum absolute atomic E-state index is 0.845. The molecule has 0 unspecified atom stereocenters. The molecule has 0 atom stereocenters. The zero-order valence-electron chi connectivity index (χ0n) is 18.7. The number of fused-ring (bicyclic) bond motifs is 5. The van der Waals surface area contributed by atoms with Gasteiger partial charge in [0.05, 0.1) is 10.2 Å². The SMILES string of the molecule is CCCc1nc2sc3c(NCCCN(CC)CC)nc(SC)nc3c2c2c1CCC2. The van der Waals surface area contributed by atoms with Crippen LogP contribution in [0.25, 0.3) is 20.4 Å². The molecule has 1 N–H and O–H groups in total.